The Balaban J connectivity index is 1.40. The van der Waals surface area contributed by atoms with Gasteiger partial charge in [0.25, 0.3) is 11.8 Å². The van der Waals surface area contributed by atoms with Crippen molar-refractivity contribution in [3.05, 3.63) is 65.2 Å². The first kappa shape index (κ1) is 15.7. The van der Waals surface area contributed by atoms with Gasteiger partial charge in [0, 0.05) is 43.7 Å². The molecule has 0 aliphatic carbocycles. The summed E-state index contributed by atoms with van der Waals surface area (Å²) in [5.74, 6) is 0.943. The van der Waals surface area contributed by atoms with Gasteiger partial charge in [-0.1, -0.05) is 18.2 Å². The van der Waals surface area contributed by atoms with Crippen molar-refractivity contribution in [2.45, 2.75) is 6.42 Å². The molecule has 0 atom stereocenters. The topological polar surface area (TPSA) is 49.9 Å². The fraction of sp³-hybridized carbons (Fsp3) is 0.300. The second kappa shape index (κ2) is 6.59. The molecule has 1 fully saturated rings. The molecule has 5 heteroatoms. The van der Waals surface area contributed by atoms with Gasteiger partial charge in [0.05, 0.1) is 6.61 Å². The highest BCUT2D eigenvalue weighted by molar-refractivity contribution is 5.96. The third-order valence-electron chi connectivity index (χ3n) is 4.81. The first-order valence-electron chi connectivity index (χ1n) is 8.62. The molecule has 0 spiro atoms. The minimum atomic E-state index is 0.0292. The van der Waals surface area contributed by atoms with E-state index in [4.69, 9.17) is 4.74 Å². The summed E-state index contributed by atoms with van der Waals surface area (Å²) in [6.07, 6.45) is 0.857. The highest BCUT2D eigenvalue weighted by Crippen LogP contribution is 2.26. The molecule has 25 heavy (non-hydrogen) atoms. The normalized spacial score (nSPS) is 16.3. The molecule has 2 amide bonds. The monoisotopic (exact) mass is 336 g/mol. The first-order valence-corrected chi connectivity index (χ1v) is 8.62. The Hall–Kier alpha value is -2.82. The van der Waals surface area contributed by atoms with E-state index in [9.17, 15) is 9.59 Å². The van der Waals surface area contributed by atoms with Crippen LogP contribution < -0.4 is 4.74 Å². The van der Waals surface area contributed by atoms with E-state index in [1.54, 1.807) is 0 Å². The van der Waals surface area contributed by atoms with E-state index >= 15 is 0 Å². The molecule has 5 nitrogen and oxygen atoms in total. The quantitative estimate of drug-likeness (QED) is 0.845. The van der Waals surface area contributed by atoms with E-state index in [1.807, 2.05) is 58.3 Å². The molecule has 0 bridgehead atoms. The van der Waals surface area contributed by atoms with E-state index in [2.05, 4.69) is 0 Å². The van der Waals surface area contributed by atoms with E-state index in [1.165, 1.54) is 0 Å². The van der Waals surface area contributed by atoms with Crippen molar-refractivity contribution in [3.8, 4) is 5.75 Å². The molecule has 4 rings (SSSR count). The number of ether oxygens (including phenoxy) is 1. The summed E-state index contributed by atoms with van der Waals surface area (Å²) in [7, 11) is 0. The van der Waals surface area contributed by atoms with Crippen LogP contribution in [0.15, 0.2) is 48.5 Å². The number of carbonyl (C=O) groups is 2. The SMILES string of the molecule is O=C(c1ccccc1)N1CCN(C(=O)c2ccc3c(c2)CCO3)CC1. The largest absolute Gasteiger partial charge is 0.493 e. The molecular weight excluding hydrogens is 316 g/mol. The zero-order valence-corrected chi connectivity index (χ0v) is 14.0. The van der Waals surface area contributed by atoms with Crippen LogP contribution in [0.2, 0.25) is 0 Å². The van der Waals surface area contributed by atoms with Crippen LogP contribution in [0.25, 0.3) is 0 Å². The molecule has 2 heterocycles. The van der Waals surface area contributed by atoms with Crippen LogP contribution in [-0.2, 0) is 6.42 Å². The highest BCUT2D eigenvalue weighted by Gasteiger charge is 2.26. The predicted molar refractivity (Wildman–Crippen MR) is 93.9 cm³/mol. The number of carbonyl (C=O) groups excluding carboxylic acids is 2. The van der Waals surface area contributed by atoms with Crippen molar-refractivity contribution in [2.75, 3.05) is 32.8 Å². The minimum absolute atomic E-state index is 0.0292. The van der Waals surface area contributed by atoms with E-state index < -0.39 is 0 Å². The fourth-order valence-corrected chi connectivity index (χ4v) is 3.38. The van der Waals surface area contributed by atoms with Gasteiger partial charge < -0.3 is 14.5 Å². The molecule has 0 radical (unpaired) electrons. The number of amides is 2. The molecule has 0 aromatic heterocycles. The van der Waals surface area contributed by atoms with Crippen LogP contribution in [0.3, 0.4) is 0 Å². The van der Waals surface area contributed by atoms with Gasteiger partial charge in [-0.25, -0.2) is 0 Å². The molecule has 2 aliphatic rings. The third kappa shape index (κ3) is 3.09. The van der Waals surface area contributed by atoms with Gasteiger partial charge in [-0.15, -0.1) is 0 Å². The van der Waals surface area contributed by atoms with Crippen LogP contribution in [0.4, 0.5) is 0 Å². The number of benzene rings is 2. The average molecular weight is 336 g/mol. The standard InChI is InChI=1S/C20H20N2O3/c23-19(15-4-2-1-3-5-15)21-9-11-22(12-10-21)20(24)17-6-7-18-16(14-17)8-13-25-18/h1-7,14H,8-13H2. The van der Waals surface area contributed by atoms with Crippen molar-refractivity contribution in [1.29, 1.82) is 0 Å². The Morgan fingerprint density at radius 1 is 0.800 bits per heavy atom. The van der Waals surface area contributed by atoms with Gasteiger partial charge >= 0.3 is 0 Å². The van der Waals surface area contributed by atoms with Crippen molar-refractivity contribution < 1.29 is 14.3 Å². The number of fused-ring (bicyclic) bond motifs is 1. The number of rotatable bonds is 2. The average Bonchev–Trinajstić information content (AvgIpc) is 3.15. The second-order valence-corrected chi connectivity index (χ2v) is 6.37. The molecule has 0 saturated carbocycles. The van der Waals surface area contributed by atoms with Crippen LogP contribution in [0, 0.1) is 0 Å². The van der Waals surface area contributed by atoms with Crippen molar-refractivity contribution in [1.82, 2.24) is 9.80 Å². The number of hydrogen-bond acceptors (Lipinski definition) is 3. The second-order valence-electron chi connectivity index (χ2n) is 6.37. The van der Waals surface area contributed by atoms with Gasteiger partial charge in [-0.05, 0) is 35.9 Å². The highest BCUT2D eigenvalue weighted by atomic mass is 16.5. The van der Waals surface area contributed by atoms with Crippen LogP contribution in [0.5, 0.6) is 5.75 Å². The molecule has 128 valence electrons. The van der Waals surface area contributed by atoms with Crippen LogP contribution >= 0.6 is 0 Å². The Kier molecular flexibility index (Phi) is 4.14. The summed E-state index contributed by atoms with van der Waals surface area (Å²) >= 11 is 0. The maximum atomic E-state index is 12.7. The van der Waals surface area contributed by atoms with Crippen molar-refractivity contribution in [3.63, 3.8) is 0 Å². The third-order valence-corrected chi connectivity index (χ3v) is 4.81. The maximum Gasteiger partial charge on any atom is 0.253 e. The lowest BCUT2D eigenvalue weighted by Crippen LogP contribution is -2.50. The zero-order valence-electron chi connectivity index (χ0n) is 14.0. The Bertz CT molecular complexity index is 796. The zero-order chi connectivity index (χ0) is 17.2. The lowest BCUT2D eigenvalue weighted by molar-refractivity contribution is 0.0535. The van der Waals surface area contributed by atoms with Crippen molar-refractivity contribution in [2.24, 2.45) is 0 Å². The summed E-state index contributed by atoms with van der Waals surface area (Å²) in [5, 5.41) is 0. The van der Waals surface area contributed by atoms with Gasteiger partial charge in [0.2, 0.25) is 0 Å². The molecule has 0 unspecified atom stereocenters. The summed E-state index contributed by atoms with van der Waals surface area (Å²) in [6.45, 7) is 2.93. The molecular formula is C20H20N2O3. The fourth-order valence-electron chi connectivity index (χ4n) is 3.38. The van der Waals surface area contributed by atoms with Crippen molar-refractivity contribution >= 4 is 11.8 Å². The summed E-state index contributed by atoms with van der Waals surface area (Å²) < 4.78 is 5.49. The van der Waals surface area contributed by atoms with Crippen LogP contribution in [-0.4, -0.2) is 54.4 Å². The van der Waals surface area contributed by atoms with E-state index in [0.29, 0.717) is 43.9 Å². The van der Waals surface area contributed by atoms with E-state index in [0.717, 1.165) is 17.7 Å². The molecule has 1 saturated heterocycles. The summed E-state index contributed by atoms with van der Waals surface area (Å²) in [4.78, 5) is 28.9. The molecule has 0 N–H and O–H groups in total. The smallest absolute Gasteiger partial charge is 0.253 e. The Morgan fingerprint density at radius 3 is 2.12 bits per heavy atom. The molecule has 2 aliphatic heterocycles. The molecule has 2 aromatic rings. The van der Waals surface area contributed by atoms with Gasteiger partial charge in [-0.2, -0.15) is 0 Å². The van der Waals surface area contributed by atoms with Gasteiger partial charge in [-0.3, -0.25) is 9.59 Å². The van der Waals surface area contributed by atoms with E-state index in [-0.39, 0.29) is 11.8 Å². The molecule has 2 aromatic carbocycles. The Morgan fingerprint density at radius 2 is 1.44 bits per heavy atom. The lowest BCUT2D eigenvalue weighted by atomic mass is 10.1. The van der Waals surface area contributed by atoms with Gasteiger partial charge in [0.1, 0.15) is 5.75 Å². The Labute approximate surface area is 146 Å². The first-order chi connectivity index (χ1) is 12.2. The van der Waals surface area contributed by atoms with Gasteiger partial charge in [0.15, 0.2) is 0 Å². The van der Waals surface area contributed by atoms with Crippen LogP contribution in [0.1, 0.15) is 26.3 Å². The predicted octanol–water partition coefficient (Wildman–Crippen LogP) is 2.22. The number of hydrogen-bond donors (Lipinski definition) is 0. The summed E-state index contributed by atoms with van der Waals surface area (Å²) in [5.41, 5.74) is 2.50. The lowest BCUT2D eigenvalue weighted by Gasteiger charge is -2.35. The maximum absolute atomic E-state index is 12.7. The number of piperazine rings is 1. The minimum Gasteiger partial charge on any atom is -0.493 e. The summed E-state index contributed by atoms with van der Waals surface area (Å²) in [6, 6.07) is 14.9. The number of nitrogens with zero attached hydrogens (tertiary/aromatic N) is 2.